The van der Waals surface area contributed by atoms with Crippen LogP contribution in [0.1, 0.15) is 0 Å². The van der Waals surface area contributed by atoms with E-state index in [1.54, 1.807) is 12.1 Å². The van der Waals surface area contributed by atoms with Gasteiger partial charge < -0.3 is 15.5 Å². The predicted molar refractivity (Wildman–Crippen MR) is 68.2 cm³/mol. The molecule has 0 bridgehead atoms. The van der Waals surface area contributed by atoms with Crippen molar-refractivity contribution in [3.63, 3.8) is 0 Å². The molecule has 0 saturated carbocycles. The molecule has 0 saturated heterocycles. The zero-order chi connectivity index (χ0) is 14.1. The number of nitrogens with zero attached hydrogens (tertiary/aromatic N) is 3. The Labute approximate surface area is 111 Å². The van der Waals surface area contributed by atoms with E-state index in [0.29, 0.717) is 22.6 Å². The van der Waals surface area contributed by atoms with Gasteiger partial charge in [-0.1, -0.05) is 12.1 Å². The van der Waals surface area contributed by atoms with Gasteiger partial charge in [-0.05, 0) is 12.1 Å². The number of ether oxygens (including phenoxy) is 1. The number of rotatable bonds is 3. The van der Waals surface area contributed by atoms with Crippen LogP contribution < -0.4 is 10.5 Å². The van der Waals surface area contributed by atoms with Crippen LogP contribution in [0.4, 0.5) is 14.6 Å². The Balaban J connectivity index is 2.04. The molecule has 1 aromatic carbocycles. The molecule has 3 N–H and O–H groups in total. The van der Waals surface area contributed by atoms with Gasteiger partial charge in [0.25, 0.3) is 0 Å². The summed E-state index contributed by atoms with van der Waals surface area (Å²) in [6.45, 7) is -2.87. The molecular weight excluding hydrogens is 268 g/mol. The molecule has 2 heterocycles. The fourth-order valence-electron chi connectivity index (χ4n) is 1.80. The van der Waals surface area contributed by atoms with Crippen LogP contribution in [-0.4, -0.2) is 26.5 Å². The Morgan fingerprint density at radius 2 is 2.10 bits per heavy atom. The average Bonchev–Trinajstić information content (AvgIpc) is 2.84. The number of aromatic nitrogens is 4. The first-order valence-electron chi connectivity index (χ1n) is 5.65. The highest BCUT2D eigenvalue weighted by molar-refractivity contribution is 5.84. The van der Waals surface area contributed by atoms with Gasteiger partial charge in [0.1, 0.15) is 23.4 Å². The SMILES string of the molecule is Nc1ncnc2nc(-c3cccc(OC(F)F)c3)[nH]c12. The molecule has 0 spiro atoms. The minimum Gasteiger partial charge on any atom is -0.435 e. The van der Waals surface area contributed by atoms with E-state index in [2.05, 4.69) is 24.7 Å². The molecule has 0 fully saturated rings. The Kier molecular flexibility index (Phi) is 2.90. The third-order valence-corrected chi connectivity index (χ3v) is 2.65. The van der Waals surface area contributed by atoms with Crippen molar-refractivity contribution in [1.29, 1.82) is 0 Å². The summed E-state index contributed by atoms with van der Waals surface area (Å²) in [7, 11) is 0. The Bertz CT molecular complexity index is 758. The molecule has 0 aliphatic rings. The lowest BCUT2D eigenvalue weighted by Crippen LogP contribution is -2.01. The van der Waals surface area contributed by atoms with Gasteiger partial charge in [-0.3, -0.25) is 0 Å². The Hall–Kier alpha value is -2.77. The molecule has 0 radical (unpaired) electrons. The number of nitrogen functional groups attached to an aromatic ring is 1. The Morgan fingerprint density at radius 1 is 1.25 bits per heavy atom. The number of nitrogens with two attached hydrogens (primary N) is 1. The number of benzene rings is 1. The van der Waals surface area contributed by atoms with Crippen molar-refractivity contribution in [3.05, 3.63) is 30.6 Å². The van der Waals surface area contributed by atoms with E-state index in [0.717, 1.165) is 0 Å². The summed E-state index contributed by atoms with van der Waals surface area (Å²) in [4.78, 5) is 15.0. The third kappa shape index (κ3) is 2.22. The summed E-state index contributed by atoms with van der Waals surface area (Å²) in [6, 6.07) is 6.19. The molecule has 0 unspecified atom stereocenters. The van der Waals surface area contributed by atoms with Crippen LogP contribution in [0.2, 0.25) is 0 Å². The fraction of sp³-hybridized carbons (Fsp3) is 0.0833. The molecule has 6 nitrogen and oxygen atoms in total. The number of aromatic amines is 1. The zero-order valence-electron chi connectivity index (χ0n) is 10.0. The van der Waals surface area contributed by atoms with Gasteiger partial charge in [-0.2, -0.15) is 8.78 Å². The summed E-state index contributed by atoms with van der Waals surface area (Å²) >= 11 is 0. The van der Waals surface area contributed by atoms with Crippen LogP contribution in [0.25, 0.3) is 22.6 Å². The third-order valence-electron chi connectivity index (χ3n) is 2.65. The number of halogens is 2. The van der Waals surface area contributed by atoms with E-state index in [1.165, 1.54) is 18.5 Å². The van der Waals surface area contributed by atoms with Crippen molar-refractivity contribution in [1.82, 2.24) is 19.9 Å². The minimum atomic E-state index is -2.87. The zero-order valence-corrected chi connectivity index (χ0v) is 10.0. The van der Waals surface area contributed by atoms with Crippen LogP contribution in [0, 0.1) is 0 Å². The molecule has 3 aromatic rings. The molecule has 2 aromatic heterocycles. The standard InChI is InChI=1S/C12H9F2N5O/c13-12(14)20-7-3-1-2-6(4-7)10-18-8-9(15)16-5-17-11(8)19-10/h1-5,12H,(H3,15,16,17,18,19). The first kappa shape index (κ1) is 12.3. The number of hydrogen-bond donors (Lipinski definition) is 2. The van der Waals surface area contributed by atoms with Crippen LogP contribution in [0.15, 0.2) is 30.6 Å². The number of nitrogens with one attached hydrogen (secondary N) is 1. The average molecular weight is 277 g/mol. The summed E-state index contributed by atoms with van der Waals surface area (Å²) in [6.07, 6.45) is 1.30. The molecule has 0 atom stereocenters. The molecule has 0 amide bonds. The smallest absolute Gasteiger partial charge is 0.387 e. The number of hydrogen-bond acceptors (Lipinski definition) is 5. The highest BCUT2D eigenvalue weighted by Gasteiger charge is 2.11. The van der Waals surface area contributed by atoms with E-state index < -0.39 is 6.61 Å². The monoisotopic (exact) mass is 277 g/mol. The van der Waals surface area contributed by atoms with E-state index in [4.69, 9.17) is 5.73 Å². The highest BCUT2D eigenvalue weighted by Crippen LogP contribution is 2.25. The van der Waals surface area contributed by atoms with Crippen molar-refractivity contribution >= 4 is 17.0 Å². The van der Waals surface area contributed by atoms with E-state index in [9.17, 15) is 8.78 Å². The molecule has 102 valence electrons. The van der Waals surface area contributed by atoms with Gasteiger partial charge in [0.15, 0.2) is 11.5 Å². The van der Waals surface area contributed by atoms with E-state index in [1.807, 2.05) is 0 Å². The molecule has 0 aliphatic carbocycles. The fourth-order valence-corrected chi connectivity index (χ4v) is 1.80. The second-order valence-electron chi connectivity index (χ2n) is 3.95. The maximum Gasteiger partial charge on any atom is 0.387 e. The van der Waals surface area contributed by atoms with Crippen molar-refractivity contribution < 1.29 is 13.5 Å². The van der Waals surface area contributed by atoms with Gasteiger partial charge in [-0.15, -0.1) is 0 Å². The number of fused-ring (bicyclic) bond motifs is 1. The van der Waals surface area contributed by atoms with Crippen LogP contribution >= 0.6 is 0 Å². The minimum absolute atomic E-state index is 0.0528. The van der Waals surface area contributed by atoms with E-state index >= 15 is 0 Å². The largest absolute Gasteiger partial charge is 0.435 e. The lowest BCUT2D eigenvalue weighted by atomic mass is 10.2. The second-order valence-corrected chi connectivity index (χ2v) is 3.95. The van der Waals surface area contributed by atoms with Crippen LogP contribution in [0.3, 0.4) is 0 Å². The maximum atomic E-state index is 12.2. The topological polar surface area (TPSA) is 89.7 Å². The van der Waals surface area contributed by atoms with Crippen LogP contribution in [-0.2, 0) is 0 Å². The summed E-state index contributed by atoms with van der Waals surface area (Å²) in [5.41, 5.74) is 7.19. The number of alkyl halides is 2. The molecular formula is C12H9F2N5O. The van der Waals surface area contributed by atoms with Crippen molar-refractivity contribution in [3.8, 4) is 17.1 Å². The van der Waals surface area contributed by atoms with Crippen LogP contribution in [0.5, 0.6) is 5.75 Å². The lowest BCUT2D eigenvalue weighted by molar-refractivity contribution is -0.0498. The normalized spacial score (nSPS) is 11.2. The second kappa shape index (κ2) is 4.72. The Morgan fingerprint density at radius 3 is 2.85 bits per heavy atom. The molecule has 3 rings (SSSR count). The summed E-state index contributed by atoms with van der Waals surface area (Å²) < 4.78 is 28.7. The summed E-state index contributed by atoms with van der Waals surface area (Å²) in [5.74, 6) is 0.776. The van der Waals surface area contributed by atoms with Crippen molar-refractivity contribution in [2.45, 2.75) is 6.61 Å². The first-order valence-corrected chi connectivity index (χ1v) is 5.65. The van der Waals surface area contributed by atoms with E-state index in [-0.39, 0.29) is 11.6 Å². The van der Waals surface area contributed by atoms with Crippen molar-refractivity contribution in [2.75, 3.05) is 5.73 Å². The number of H-pyrrole nitrogens is 1. The van der Waals surface area contributed by atoms with Gasteiger partial charge in [0, 0.05) is 5.56 Å². The lowest BCUT2D eigenvalue weighted by Gasteiger charge is -2.05. The van der Waals surface area contributed by atoms with Gasteiger partial charge >= 0.3 is 6.61 Å². The van der Waals surface area contributed by atoms with Gasteiger partial charge in [0.05, 0.1) is 0 Å². The molecule has 20 heavy (non-hydrogen) atoms. The van der Waals surface area contributed by atoms with Gasteiger partial charge in [0.2, 0.25) is 0 Å². The quantitative estimate of drug-likeness (QED) is 0.766. The number of imidazole rings is 1. The molecule has 0 aliphatic heterocycles. The number of anilines is 1. The van der Waals surface area contributed by atoms with Crippen molar-refractivity contribution in [2.24, 2.45) is 0 Å². The highest BCUT2D eigenvalue weighted by atomic mass is 19.3. The first-order chi connectivity index (χ1) is 9.63. The maximum absolute atomic E-state index is 12.2. The van der Waals surface area contributed by atoms with Gasteiger partial charge in [-0.25, -0.2) is 15.0 Å². The predicted octanol–water partition coefficient (Wildman–Crippen LogP) is 2.20. The summed E-state index contributed by atoms with van der Waals surface area (Å²) in [5, 5.41) is 0. The molecule has 8 heteroatoms.